The van der Waals surface area contributed by atoms with Crippen LogP contribution in [-0.2, 0) is 9.53 Å². The van der Waals surface area contributed by atoms with E-state index in [2.05, 4.69) is 15.6 Å². The average molecular weight is 366 g/mol. The maximum atomic E-state index is 12.4. The molecule has 0 bridgehead atoms. The molecule has 1 atom stereocenters. The molecule has 1 saturated heterocycles. The van der Waals surface area contributed by atoms with Crippen LogP contribution in [0.25, 0.3) is 0 Å². The summed E-state index contributed by atoms with van der Waals surface area (Å²) in [5.41, 5.74) is 2.24. The molecule has 0 radical (unpaired) electrons. The van der Waals surface area contributed by atoms with Gasteiger partial charge in [-0.05, 0) is 42.7 Å². The van der Waals surface area contributed by atoms with Crippen LogP contribution in [0.4, 0.5) is 11.5 Å². The van der Waals surface area contributed by atoms with Gasteiger partial charge in [0.05, 0.1) is 5.56 Å². The quantitative estimate of drug-likeness (QED) is 0.871. The van der Waals surface area contributed by atoms with Gasteiger partial charge in [0.25, 0.3) is 5.91 Å². The Kier molecular flexibility index (Phi) is 4.77. The van der Waals surface area contributed by atoms with Gasteiger partial charge in [-0.1, -0.05) is 12.1 Å². The second-order valence-electron chi connectivity index (χ2n) is 6.86. The highest BCUT2D eigenvalue weighted by atomic mass is 16.5. The zero-order chi connectivity index (χ0) is 18.8. The Hall–Kier alpha value is -2.93. The van der Waals surface area contributed by atoms with Crippen LogP contribution in [0.1, 0.15) is 34.9 Å². The molecule has 1 aromatic carbocycles. The molecule has 27 heavy (non-hydrogen) atoms. The summed E-state index contributed by atoms with van der Waals surface area (Å²) in [7, 11) is 1.90. The highest BCUT2D eigenvalue weighted by Gasteiger charge is 2.30. The van der Waals surface area contributed by atoms with E-state index in [4.69, 9.17) is 4.74 Å². The van der Waals surface area contributed by atoms with Crippen LogP contribution in [0.2, 0.25) is 0 Å². The number of amides is 2. The minimum atomic E-state index is -0.305. The van der Waals surface area contributed by atoms with E-state index in [-0.39, 0.29) is 23.9 Å². The van der Waals surface area contributed by atoms with E-state index >= 15 is 0 Å². The fraction of sp³-hybridized carbons (Fsp3) is 0.350. The lowest BCUT2D eigenvalue weighted by Crippen LogP contribution is -2.45. The van der Waals surface area contributed by atoms with Crippen molar-refractivity contribution in [2.24, 2.45) is 5.92 Å². The minimum Gasteiger partial charge on any atom is -0.381 e. The summed E-state index contributed by atoms with van der Waals surface area (Å²) < 4.78 is 5.30. The monoisotopic (exact) mass is 366 g/mol. The number of hydrogen-bond acceptors (Lipinski definition) is 5. The predicted molar refractivity (Wildman–Crippen MR) is 101 cm³/mol. The zero-order valence-corrected chi connectivity index (χ0v) is 15.1. The number of benzene rings is 1. The minimum absolute atomic E-state index is 0.00442. The van der Waals surface area contributed by atoms with Crippen LogP contribution >= 0.6 is 0 Å². The molecule has 3 heterocycles. The van der Waals surface area contributed by atoms with Gasteiger partial charge in [0.2, 0.25) is 5.91 Å². The van der Waals surface area contributed by atoms with E-state index in [0.29, 0.717) is 24.6 Å². The highest BCUT2D eigenvalue weighted by molar-refractivity contribution is 6.01. The topological polar surface area (TPSA) is 83.6 Å². The van der Waals surface area contributed by atoms with Gasteiger partial charge >= 0.3 is 0 Å². The molecule has 0 unspecified atom stereocenters. The molecular formula is C20H22N4O3. The van der Waals surface area contributed by atoms with Crippen molar-refractivity contribution in [1.29, 1.82) is 0 Å². The summed E-state index contributed by atoms with van der Waals surface area (Å²) in [6, 6.07) is 11.1. The van der Waals surface area contributed by atoms with Gasteiger partial charge in [-0.2, -0.15) is 0 Å². The van der Waals surface area contributed by atoms with Crippen molar-refractivity contribution in [3.8, 4) is 0 Å². The van der Waals surface area contributed by atoms with E-state index in [9.17, 15) is 9.59 Å². The van der Waals surface area contributed by atoms with E-state index in [1.165, 1.54) is 0 Å². The molecule has 2 amide bonds. The van der Waals surface area contributed by atoms with Crippen molar-refractivity contribution in [1.82, 2.24) is 10.3 Å². The van der Waals surface area contributed by atoms with Gasteiger partial charge in [0, 0.05) is 38.1 Å². The molecule has 2 aliphatic heterocycles. The SMILES string of the molecule is CN1c2ncccc2C(=O)N[C@@H]1c1ccc(NC(=O)C2CCOCC2)cc1. The Morgan fingerprint density at radius 2 is 1.96 bits per heavy atom. The third kappa shape index (κ3) is 3.50. The summed E-state index contributed by atoms with van der Waals surface area (Å²) in [4.78, 5) is 31.0. The Balaban J connectivity index is 1.48. The van der Waals surface area contributed by atoms with Crippen molar-refractivity contribution in [2.45, 2.75) is 19.0 Å². The molecule has 0 spiro atoms. The maximum absolute atomic E-state index is 12.4. The number of pyridine rings is 1. The fourth-order valence-electron chi connectivity index (χ4n) is 3.54. The largest absolute Gasteiger partial charge is 0.381 e. The lowest BCUT2D eigenvalue weighted by molar-refractivity contribution is -0.122. The Labute approximate surface area is 157 Å². The number of nitrogens with zero attached hydrogens (tertiary/aromatic N) is 2. The van der Waals surface area contributed by atoms with Crippen LogP contribution in [0.5, 0.6) is 0 Å². The summed E-state index contributed by atoms with van der Waals surface area (Å²) in [5, 5.41) is 5.97. The normalized spacial score (nSPS) is 20.0. The van der Waals surface area contributed by atoms with Crippen LogP contribution in [0.3, 0.4) is 0 Å². The Morgan fingerprint density at radius 3 is 2.70 bits per heavy atom. The van der Waals surface area contributed by atoms with Gasteiger partial charge in [-0.15, -0.1) is 0 Å². The third-order valence-electron chi connectivity index (χ3n) is 5.11. The molecule has 2 aromatic rings. The van der Waals surface area contributed by atoms with Gasteiger partial charge in [-0.25, -0.2) is 4.98 Å². The molecule has 2 aliphatic rings. The molecule has 0 aliphatic carbocycles. The standard InChI is InChI=1S/C20H22N4O3/c1-24-17(23-20(26)16-3-2-10-21-18(16)24)13-4-6-15(7-5-13)22-19(25)14-8-11-27-12-9-14/h2-7,10,14,17H,8-9,11-12H2,1H3,(H,22,25)(H,23,26)/t17-/m0/s1. The highest BCUT2D eigenvalue weighted by Crippen LogP contribution is 2.30. The first-order valence-electron chi connectivity index (χ1n) is 9.11. The number of aromatic nitrogens is 1. The second kappa shape index (κ2) is 7.36. The van der Waals surface area contributed by atoms with Crippen LogP contribution < -0.4 is 15.5 Å². The number of anilines is 2. The molecule has 1 aromatic heterocycles. The van der Waals surface area contributed by atoms with Crippen molar-refractivity contribution in [3.05, 3.63) is 53.7 Å². The van der Waals surface area contributed by atoms with Crippen LogP contribution in [0, 0.1) is 5.92 Å². The van der Waals surface area contributed by atoms with Crippen molar-refractivity contribution >= 4 is 23.3 Å². The van der Waals surface area contributed by atoms with Gasteiger partial charge in [0.15, 0.2) is 0 Å². The summed E-state index contributed by atoms with van der Waals surface area (Å²) in [6.45, 7) is 1.28. The number of carbonyl (C=O) groups is 2. The van der Waals surface area contributed by atoms with Crippen molar-refractivity contribution in [2.75, 3.05) is 30.5 Å². The smallest absolute Gasteiger partial charge is 0.256 e. The van der Waals surface area contributed by atoms with Crippen molar-refractivity contribution < 1.29 is 14.3 Å². The first-order chi connectivity index (χ1) is 13.1. The predicted octanol–water partition coefficient (Wildman–Crippen LogP) is 2.33. The molecule has 2 N–H and O–H groups in total. The molecule has 7 heteroatoms. The van der Waals surface area contributed by atoms with Gasteiger partial charge < -0.3 is 20.3 Å². The number of hydrogen-bond donors (Lipinski definition) is 2. The molecule has 4 rings (SSSR count). The van der Waals surface area contributed by atoms with E-state index in [0.717, 1.165) is 24.1 Å². The van der Waals surface area contributed by atoms with E-state index < -0.39 is 0 Å². The summed E-state index contributed by atoms with van der Waals surface area (Å²) >= 11 is 0. The number of nitrogens with one attached hydrogen (secondary N) is 2. The van der Waals surface area contributed by atoms with E-state index in [1.807, 2.05) is 36.2 Å². The molecule has 7 nitrogen and oxygen atoms in total. The average Bonchev–Trinajstić information content (AvgIpc) is 2.72. The summed E-state index contributed by atoms with van der Waals surface area (Å²) in [5.74, 6) is 0.554. The second-order valence-corrected chi connectivity index (χ2v) is 6.86. The molecular weight excluding hydrogens is 344 g/mol. The number of rotatable bonds is 3. The Morgan fingerprint density at radius 1 is 1.22 bits per heavy atom. The lowest BCUT2D eigenvalue weighted by atomic mass is 9.99. The molecule has 140 valence electrons. The lowest BCUT2D eigenvalue weighted by Gasteiger charge is -2.35. The first-order valence-corrected chi connectivity index (χ1v) is 9.11. The Bertz CT molecular complexity index is 847. The number of carbonyl (C=O) groups excluding carboxylic acids is 2. The number of ether oxygens (including phenoxy) is 1. The fourth-order valence-corrected chi connectivity index (χ4v) is 3.54. The van der Waals surface area contributed by atoms with Crippen molar-refractivity contribution in [3.63, 3.8) is 0 Å². The van der Waals surface area contributed by atoms with Gasteiger partial charge in [-0.3, -0.25) is 9.59 Å². The zero-order valence-electron chi connectivity index (χ0n) is 15.1. The number of fused-ring (bicyclic) bond motifs is 1. The van der Waals surface area contributed by atoms with Gasteiger partial charge in [0.1, 0.15) is 12.0 Å². The van der Waals surface area contributed by atoms with Crippen LogP contribution in [0.15, 0.2) is 42.6 Å². The first kappa shape index (κ1) is 17.5. The summed E-state index contributed by atoms with van der Waals surface area (Å²) in [6.07, 6.45) is 2.89. The molecule has 0 saturated carbocycles. The maximum Gasteiger partial charge on any atom is 0.256 e. The van der Waals surface area contributed by atoms with E-state index in [1.54, 1.807) is 18.3 Å². The van der Waals surface area contributed by atoms with Crippen LogP contribution in [-0.4, -0.2) is 37.1 Å². The third-order valence-corrected chi connectivity index (χ3v) is 5.11. The molecule has 1 fully saturated rings.